The van der Waals surface area contributed by atoms with Gasteiger partial charge in [0.25, 0.3) is 0 Å². The maximum absolute atomic E-state index is 12.4. The maximum Gasteiger partial charge on any atom is 0.321 e. The van der Waals surface area contributed by atoms with E-state index < -0.39 is 0 Å². The summed E-state index contributed by atoms with van der Waals surface area (Å²) in [5, 5.41) is 8.12. The third-order valence-corrected chi connectivity index (χ3v) is 4.96. The monoisotopic (exact) mass is 345 g/mol. The molecule has 3 heterocycles. The molecule has 0 aromatic carbocycles. The van der Waals surface area contributed by atoms with Crippen LogP contribution in [0.25, 0.3) is 0 Å². The molecule has 0 radical (unpaired) electrons. The summed E-state index contributed by atoms with van der Waals surface area (Å²) in [4.78, 5) is 18.6. The van der Waals surface area contributed by atoms with E-state index in [2.05, 4.69) is 22.3 Å². The lowest BCUT2D eigenvalue weighted by atomic mass is 10.0. The molecule has 2 aromatic rings. The second-order valence-corrected chi connectivity index (χ2v) is 7.36. The minimum atomic E-state index is -0.0404. The highest BCUT2D eigenvalue weighted by atomic mass is 32.2. The number of carbonyl (C=O) groups excluding carboxylic acids is 1. The highest BCUT2D eigenvalue weighted by Gasteiger charge is 2.26. The molecule has 1 fully saturated rings. The van der Waals surface area contributed by atoms with E-state index in [-0.39, 0.29) is 6.03 Å². The molecule has 1 N–H and O–H groups in total. The largest absolute Gasteiger partial charge is 0.324 e. The SMILES string of the molecule is CCSc1ccc(NC(=O)N2CC[C@H](Cc3cnn(C)c3)C2)cn1. The molecular weight excluding hydrogens is 322 g/mol. The number of aromatic nitrogens is 3. The first-order valence-corrected chi connectivity index (χ1v) is 9.25. The molecule has 0 spiro atoms. The molecule has 6 nitrogen and oxygen atoms in total. The Morgan fingerprint density at radius 2 is 2.29 bits per heavy atom. The van der Waals surface area contributed by atoms with Crippen LogP contribution in [0.15, 0.2) is 35.7 Å². The van der Waals surface area contributed by atoms with Gasteiger partial charge in [-0.3, -0.25) is 4.68 Å². The first-order valence-electron chi connectivity index (χ1n) is 8.26. The predicted octanol–water partition coefficient (Wildman–Crippen LogP) is 3.02. The van der Waals surface area contributed by atoms with E-state index in [1.807, 2.05) is 41.2 Å². The van der Waals surface area contributed by atoms with Gasteiger partial charge in [-0.05, 0) is 42.2 Å². The fourth-order valence-corrected chi connectivity index (χ4v) is 3.57. The summed E-state index contributed by atoms with van der Waals surface area (Å²) in [5.74, 6) is 1.49. The van der Waals surface area contributed by atoms with E-state index in [4.69, 9.17) is 0 Å². The van der Waals surface area contributed by atoms with Gasteiger partial charge in [-0.25, -0.2) is 9.78 Å². The zero-order valence-corrected chi connectivity index (χ0v) is 14.9. The molecule has 7 heteroatoms. The predicted molar refractivity (Wildman–Crippen MR) is 96.2 cm³/mol. The number of hydrogen-bond donors (Lipinski definition) is 1. The first kappa shape index (κ1) is 16.8. The van der Waals surface area contributed by atoms with Crippen molar-refractivity contribution in [3.8, 4) is 0 Å². The van der Waals surface area contributed by atoms with Crippen LogP contribution >= 0.6 is 11.8 Å². The molecular formula is C17H23N5OS. The lowest BCUT2D eigenvalue weighted by Crippen LogP contribution is -2.33. The molecule has 2 aromatic heterocycles. The summed E-state index contributed by atoms with van der Waals surface area (Å²) in [6, 6.07) is 3.81. The van der Waals surface area contributed by atoms with Crippen LogP contribution in [0.2, 0.25) is 0 Å². The Kier molecular flexibility index (Phi) is 5.40. The van der Waals surface area contributed by atoms with Crippen molar-refractivity contribution in [1.82, 2.24) is 19.7 Å². The molecule has 24 heavy (non-hydrogen) atoms. The fourth-order valence-electron chi connectivity index (χ4n) is 2.98. The van der Waals surface area contributed by atoms with Crippen molar-refractivity contribution in [3.63, 3.8) is 0 Å². The van der Waals surface area contributed by atoms with E-state index in [1.165, 1.54) is 5.56 Å². The van der Waals surface area contributed by atoms with E-state index in [0.29, 0.717) is 5.92 Å². The topological polar surface area (TPSA) is 63.1 Å². The van der Waals surface area contributed by atoms with Gasteiger partial charge in [-0.15, -0.1) is 11.8 Å². The molecule has 0 bridgehead atoms. The smallest absolute Gasteiger partial charge is 0.321 e. The van der Waals surface area contributed by atoms with Crippen molar-refractivity contribution in [3.05, 3.63) is 36.3 Å². The number of anilines is 1. The molecule has 128 valence electrons. The molecule has 3 rings (SSSR count). The normalized spacial score (nSPS) is 17.2. The van der Waals surface area contributed by atoms with Gasteiger partial charge in [-0.1, -0.05) is 6.92 Å². The number of carbonyl (C=O) groups is 1. The number of likely N-dealkylation sites (tertiary alicyclic amines) is 1. The Balaban J connectivity index is 1.50. The Hall–Kier alpha value is -2.02. The van der Waals surface area contributed by atoms with Gasteiger partial charge in [0.2, 0.25) is 0 Å². The summed E-state index contributed by atoms with van der Waals surface area (Å²) in [6.07, 6.45) is 7.68. The van der Waals surface area contributed by atoms with Crippen molar-refractivity contribution < 1.29 is 4.79 Å². The Bertz CT molecular complexity index is 685. The molecule has 0 saturated carbocycles. The van der Waals surface area contributed by atoms with Gasteiger partial charge in [0.1, 0.15) is 0 Å². The Morgan fingerprint density at radius 1 is 1.42 bits per heavy atom. The average molecular weight is 345 g/mol. The third-order valence-electron chi connectivity index (χ3n) is 4.14. The number of nitrogens with zero attached hydrogens (tertiary/aromatic N) is 4. The zero-order chi connectivity index (χ0) is 16.9. The van der Waals surface area contributed by atoms with Crippen LogP contribution in [0.3, 0.4) is 0 Å². The van der Waals surface area contributed by atoms with E-state index >= 15 is 0 Å². The lowest BCUT2D eigenvalue weighted by Gasteiger charge is -2.17. The number of nitrogens with one attached hydrogen (secondary N) is 1. The minimum Gasteiger partial charge on any atom is -0.324 e. The van der Waals surface area contributed by atoms with Gasteiger partial charge in [0.15, 0.2) is 0 Å². The number of urea groups is 1. The number of amides is 2. The highest BCUT2D eigenvalue weighted by Crippen LogP contribution is 2.22. The first-order chi connectivity index (χ1) is 11.6. The van der Waals surface area contributed by atoms with Crippen LogP contribution < -0.4 is 5.32 Å². The molecule has 0 unspecified atom stereocenters. The van der Waals surface area contributed by atoms with Crippen LogP contribution in [-0.4, -0.2) is 44.5 Å². The highest BCUT2D eigenvalue weighted by molar-refractivity contribution is 7.99. The standard InChI is InChI=1S/C17H23N5OS/c1-3-24-16-5-4-15(10-18-16)20-17(23)22-7-6-13(12-22)8-14-9-19-21(2)11-14/h4-5,9-11,13H,3,6-8,12H2,1-2H3,(H,20,23)/t13-/m1/s1. The van der Waals surface area contributed by atoms with Crippen LogP contribution in [0.4, 0.5) is 10.5 Å². The molecule has 1 aliphatic heterocycles. The van der Waals surface area contributed by atoms with Crippen LogP contribution in [-0.2, 0) is 13.5 Å². The fraction of sp³-hybridized carbons (Fsp3) is 0.471. The summed E-state index contributed by atoms with van der Waals surface area (Å²) >= 11 is 1.69. The number of pyridine rings is 1. The second kappa shape index (κ2) is 7.70. The minimum absolute atomic E-state index is 0.0404. The summed E-state index contributed by atoms with van der Waals surface area (Å²) in [5.41, 5.74) is 1.98. The van der Waals surface area contributed by atoms with Crippen LogP contribution in [0.5, 0.6) is 0 Å². The number of thioether (sulfide) groups is 1. The van der Waals surface area contributed by atoms with Gasteiger partial charge >= 0.3 is 6.03 Å². The maximum atomic E-state index is 12.4. The van der Waals surface area contributed by atoms with Crippen molar-refractivity contribution in [1.29, 1.82) is 0 Å². The summed E-state index contributed by atoms with van der Waals surface area (Å²) in [7, 11) is 1.93. The summed E-state index contributed by atoms with van der Waals surface area (Å²) < 4.78 is 1.82. The quantitative estimate of drug-likeness (QED) is 0.846. The van der Waals surface area contributed by atoms with Crippen molar-refractivity contribution in [2.75, 3.05) is 24.2 Å². The molecule has 1 saturated heterocycles. The van der Waals surface area contributed by atoms with Crippen molar-refractivity contribution in [2.24, 2.45) is 13.0 Å². The molecule has 0 aliphatic carbocycles. The Morgan fingerprint density at radius 3 is 2.96 bits per heavy atom. The number of aryl methyl sites for hydroxylation is 1. The second-order valence-electron chi connectivity index (χ2n) is 6.08. The molecule has 1 aliphatic rings. The number of rotatable bonds is 5. The van der Waals surface area contributed by atoms with Crippen LogP contribution in [0, 0.1) is 5.92 Å². The van der Waals surface area contributed by atoms with E-state index in [1.54, 1.807) is 18.0 Å². The van der Waals surface area contributed by atoms with E-state index in [9.17, 15) is 4.79 Å². The summed E-state index contributed by atoms with van der Waals surface area (Å²) in [6.45, 7) is 3.68. The van der Waals surface area contributed by atoms with Gasteiger partial charge in [0, 0.05) is 26.3 Å². The van der Waals surface area contributed by atoms with E-state index in [0.717, 1.165) is 42.4 Å². The zero-order valence-electron chi connectivity index (χ0n) is 14.1. The van der Waals surface area contributed by atoms with Crippen molar-refractivity contribution >= 4 is 23.5 Å². The van der Waals surface area contributed by atoms with Gasteiger partial charge in [0.05, 0.1) is 23.1 Å². The third kappa shape index (κ3) is 4.29. The Labute approximate surface area is 146 Å². The van der Waals surface area contributed by atoms with Crippen LogP contribution in [0.1, 0.15) is 18.9 Å². The van der Waals surface area contributed by atoms with Crippen molar-refractivity contribution in [2.45, 2.75) is 24.8 Å². The average Bonchev–Trinajstić information content (AvgIpc) is 3.19. The molecule has 1 atom stereocenters. The van der Waals surface area contributed by atoms with Gasteiger partial charge < -0.3 is 10.2 Å². The number of hydrogen-bond acceptors (Lipinski definition) is 4. The molecule has 2 amide bonds. The van der Waals surface area contributed by atoms with Gasteiger partial charge in [-0.2, -0.15) is 5.10 Å². The lowest BCUT2D eigenvalue weighted by molar-refractivity contribution is 0.221.